The SMILES string of the molecule is O=C1/C(=C\c2cccc(Cl)c2)CCc2cc(O)ccc21. The zero-order valence-corrected chi connectivity index (χ0v) is 11.5. The third-order valence-corrected chi connectivity index (χ3v) is 3.71. The van der Waals surface area contributed by atoms with E-state index >= 15 is 0 Å². The molecule has 3 rings (SSSR count). The summed E-state index contributed by atoms with van der Waals surface area (Å²) in [5.74, 6) is 0.241. The quantitative estimate of drug-likeness (QED) is 0.795. The molecule has 3 heteroatoms. The van der Waals surface area contributed by atoms with Crippen molar-refractivity contribution < 1.29 is 9.90 Å². The first-order valence-corrected chi connectivity index (χ1v) is 6.84. The molecule has 0 aliphatic heterocycles. The van der Waals surface area contributed by atoms with Crippen LogP contribution in [0.5, 0.6) is 5.75 Å². The van der Waals surface area contributed by atoms with E-state index in [4.69, 9.17) is 11.6 Å². The van der Waals surface area contributed by atoms with Gasteiger partial charge in [-0.15, -0.1) is 0 Å². The molecule has 0 aromatic heterocycles. The van der Waals surface area contributed by atoms with Crippen molar-refractivity contribution in [3.05, 3.63) is 69.8 Å². The summed E-state index contributed by atoms with van der Waals surface area (Å²) in [7, 11) is 0. The van der Waals surface area contributed by atoms with Gasteiger partial charge in [0.2, 0.25) is 0 Å². The zero-order valence-electron chi connectivity index (χ0n) is 10.8. The number of carbonyl (C=O) groups is 1. The minimum absolute atomic E-state index is 0.0335. The first kappa shape index (κ1) is 12.9. The molecule has 0 saturated heterocycles. The van der Waals surface area contributed by atoms with Gasteiger partial charge in [0.15, 0.2) is 5.78 Å². The van der Waals surface area contributed by atoms with Crippen molar-refractivity contribution in [2.45, 2.75) is 12.8 Å². The van der Waals surface area contributed by atoms with Gasteiger partial charge in [-0.3, -0.25) is 4.79 Å². The Bertz CT molecular complexity index is 717. The molecule has 100 valence electrons. The highest BCUT2D eigenvalue weighted by molar-refractivity contribution is 6.30. The molecular formula is C17H13ClO2. The van der Waals surface area contributed by atoms with Crippen LogP contribution in [0.15, 0.2) is 48.0 Å². The molecule has 1 aliphatic carbocycles. The van der Waals surface area contributed by atoms with Gasteiger partial charge in [-0.25, -0.2) is 0 Å². The standard InChI is InChI=1S/C17H13ClO2/c18-14-3-1-2-11(9-14)8-13-5-4-12-10-15(19)6-7-16(12)17(13)20/h1-3,6-10,19H,4-5H2/b13-8-. The number of allylic oxidation sites excluding steroid dienone is 1. The summed E-state index contributed by atoms with van der Waals surface area (Å²) in [5, 5.41) is 10.1. The van der Waals surface area contributed by atoms with Gasteiger partial charge in [0.1, 0.15) is 5.75 Å². The number of benzene rings is 2. The first-order chi connectivity index (χ1) is 9.63. The van der Waals surface area contributed by atoms with Crippen LogP contribution in [-0.4, -0.2) is 10.9 Å². The lowest BCUT2D eigenvalue weighted by Crippen LogP contribution is -2.13. The minimum atomic E-state index is 0.0335. The monoisotopic (exact) mass is 284 g/mol. The van der Waals surface area contributed by atoms with Crippen molar-refractivity contribution in [3.8, 4) is 5.75 Å². The van der Waals surface area contributed by atoms with Crippen LogP contribution >= 0.6 is 11.6 Å². The van der Waals surface area contributed by atoms with Crippen LogP contribution in [0, 0.1) is 0 Å². The largest absolute Gasteiger partial charge is 0.508 e. The fraction of sp³-hybridized carbons (Fsp3) is 0.118. The number of Topliss-reactive ketones (excluding diaryl/α,β-unsaturated/α-hetero) is 1. The number of rotatable bonds is 1. The predicted octanol–water partition coefficient (Wildman–Crippen LogP) is 4.26. The van der Waals surface area contributed by atoms with E-state index in [1.807, 2.05) is 30.3 Å². The van der Waals surface area contributed by atoms with Gasteiger partial charge < -0.3 is 5.11 Å². The molecule has 0 heterocycles. The Hall–Kier alpha value is -2.06. The summed E-state index contributed by atoms with van der Waals surface area (Å²) in [5.41, 5.74) is 3.31. The van der Waals surface area contributed by atoms with E-state index in [1.165, 1.54) is 0 Å². The van der Waals surface area contributed by atoms with E-state index < -0.39 is 0 Å². The highest BCUT2D eigenvalue weighted by Crippen LogP contribution is 2.29. The van der Waals surface area contributed by atoms with Gasteiger partial charge in [-0.2, -0.15) is 0 Å². The highest BCUT2D eigenvalue weighted by Gasteiger charge is 2.21. The van der Waals surface area contributed by atoms with E-state index in [2.05, 4.69) is 0 Å². The maximum Gasteiger partial charge on any atom is 0.189 e. The Balaban J connectivity index is 1.98. The topological polar surface area (TPSA) is 37.3 Å². The fourth-order valence-electron chi connectivity index (χ4n) is 2.50. The van der Waals surface area contributed by atoms with Gasteiger partial charge in [0.05, 0.1) is 0 Å². The Morgan fingerprint density at radius 1 is 1.10 bits per heavy atom. The summed E-state index contributed by atoms with van der Waals surface area (Å²) < 4.78 is 0. The lowest BCUT2D eigenvalue weighted by Gasteiger charge is -2.17. The van der Waals surface area contributed by atoms with Gasteiger partial charge in [-0.05, 0) is 60.4 Å². The second-order valence-electron chi connectivity index (χ2n) is 4.90. The number of hydrogen-bond acceptors (Lipinski definition) is 2. The van der Waals surface area contributed by atoms with Gasteiger partial charge in [0, 0.05) is 16.2 Å². The number of fused-ring (bicyclic) bond motifs is 1. The number of hydrogen-bond donors (Lipinski definition) is 1. The number of phenolic OH excluding ortho intramolecular Hbond substituents is 1. The third-order valence-electron chi connectivity index (χ3n) is 3.48. The molecule has 0 unspecified atom stereocenters. The molecule has 0 radical (unpaired) electrons. The number of aryl methyl sites for hydroxylation is 1. The van der Waals surface area contributed by atoms with Crippen molar-refractivity contribution in [1.29, 1.82) is 0 Å². The molecule has 20 heavy (non-hydrogen) atoms. The molecule has 0 amide bonds. The molecule has 2 aromatic carbocycles. The number of ketones is 1. The van der Waals surface area contributed by atoms with Gasteiger partial charge >= 0.3 is 0 Å². The van der Waals surface area contributed by atoms with Crippen LogP contribution in [0.2, 0.25) is 5.02 Å². The van der Waals surface area contributed by atoms with E-state index in [9.17, 15) is 9.90 Å². The zero-order chi connectivity index (χ0) is 14.1. The van der Waals surface area contributed by atoms with Crippen molar-refractivity contribution in [1.82, 2.24) is 0 Å². The van der Waals surface area contributed by atoms with E-state index in [0.717, 1.165) is 23.1 Å². The lowest BCUT2D eigenvalue weighted by molar-refractivity contribution is 0.102. The summed E-state index contributed by atoms with van der Waals surface area (Å²) in [6, 6.07) is 12.4. The second-order valence-corrected chi connectivity index (χ2v) is 5.33. The van der Waals surface area contributed by atoms with E-state index in [0.29, 0.717) is 17.0 Å². The Morgan fingerprint density at radius 2 is 1.95 bits per heavy atom. The normalized spacial score (nSPS) is 16.2. The molecular weight excluding hydrogens is 272 g/mol. The molecule has 1 N–H and O–H groups in total. The number of phenols is 1. The van der Waals surface area contributed by atoms with Crippen molar-refractivity contribution in [2.75, 3.05) is 0 Å². The predicted molar refractivity (Wildman–Crippen MR) is 80.2 cm³/mol. The first-order valence-electron chi connectivity index (χ1n) is 6.46. The summed E-state index contributed by atoms with van der Waals surface area (Å²) in [4.78, 5) is 12.4. The maximum atomic E-state index is 12.4. The van der Waals surface area contributed by atoms with Crippen LogP contribution in [0.3, 0.4) is 0 Å². The highest BCUT2D eigenvalue weighted by atomic mass is 35.5. The molecule has 0 spiro atoms. The summed E-state index contributed by atoms with van der Waals surface area (Å²) >= 11 is 5.96. The molecule has 2 aromatic rings. The Labute approximate surface area is 122 Å². The van der Waals surface area contributed by atoms with E-state index in [1.54, 1.807) is 18.2 Å². The molecule has 0 saturated carbocycles. The summed E-state index contributed by atoms with van der Waals surface area (Å²) in [6.07, 6.45) is 3.34. The smallest absolute Gasteiger partial charge is 0.189 e. The molecule has 0 atom stereocenters. The second kappa shape index (κ2) is 5.14. The van der Waals surface area contributed by atoms with Crippen LogP contribution in [0.1, 0.15) is 27.9 Å². The number of halogens is 1. The van der Waals surface area contributed by atoms with Gasteiger partial charge in [-0.1, -0.05) is 23.7 Å². The molecule has 2 nitrogen and oxygen atoms in total. The van der Waals surface area contributed by atoms with Gasteiger partial charge in [0.25, 0.3) is 0 Å². The summed E-state index contributed by atoms with van der Waals surface area (Å²) in [6.45, 7) is 0. The van der Waals surface area contributed by atoms with E-state index in [-0.39, 0.29) is 11.5 Å². The number of aromatic hydroxyl groups is 1. The van der Waals surface area contributed by atoms with Crippen LogP contribution in [0.25, 0.3) is 6.08 Å². The molecule has 1 aliphatic rings. The third kappa shape index (κ3) is 2.47. The van der Waals surface area contributed by atoms with Crippen LogP contribution in [0.4, 0.5) is 0 Å². The van der Waals surface area contributed by atoms with Crippen LogP contribution in [-0.2, 0) is 6.42 Å². The van der Waals surface area contributed by atoms with Crippen molar-refractivity contribution in [2.24, 2.45) is 0 Å². The minimum Gasteiger partial charge on any atom is -0.508 e. The maximum absolute atomic E-state index is 12.4. The average molecular weight is 285 g/mol. The molecule has 0 bridgehead atoms. The average Bonchev–Trinajstić information content (AvgIpc) is 2.42. The Kier molecular flexibility index (Phi) is 3.33. The van der Waals surface area contributed by atoms with Crippen molar-refractivity contribution in [3.63, 3.8) is 0 Å². The molecule has 0 fully saturated rings. The number of carbonyl (C=O) groups excluding carboxylic acids is 1. The lowest BCUT2D eigenvalue weighted by atomic mass is 9.86. The van der Waals surface area contributed by atoms with Crippen LogP contribution < -0.4 is 0 Å². The van der Waals surface area contributed by atoms with Crippen molar-refractivity contribution >= 4 is 23.5 Å². The Morgan fingerprint density at radius 3 is 2.75 bits per heavy atom. The fourth-order valence-corrected chi connectivity index (χ4v) is 2.70.